The van der Waals surface area contributed by atoms with Crippen LogP contribution in [0.2, 0.25) is 5.02 Å². The Balaban J connectivity index is 2.58. The van der Waals surface area contributed by atoms with E-state index < -0.39 is 5.97 Å². The van der Waals surface area contributed by atoms with E-state index in [9.17, 15) is 14.7 Å². The third-order valence-corrected chi connectivity index (χ3v) is 3.56. The number of aromatic nitrogens is 2. The van der Waals surface area contributed by atoms with Gasteiger partial charge in [0.15, 0.2) is 5.16 Å². The largest absolute Gasteiger partial charge is 0.549 e. The number of benzene rings is 1. The maximum Gasteiger partial charge on any atom is 0.261 e. The molecule has 0 aliphatic rings. The van der Waals surface area contributed by atoms with Crippen molar-refractivity contribution < 1.29 is 9.90 Å². The average Bonchev–Trinajstić information content (AvgIpc) is 2.31. The fourth-order valence-corrected chi connectivity index (χ4v) is 2.33. The number of carbonyl (C=O) groups excluding carboxylic acids is 1. The molecule has 0 fully saturated rings. The van der Waals surface area contributed by atoms with E-state index in [4.69, 9.17) is 11.6 Å². The Kier molecular flexibility index (Phi) is 3.58. The minimum atomic E-state index is -1.21. The Morgan fingerprint density at radius 1 is 1.56 bits per heavy atom. The predicted octanol–water partition coefficient (Wildman–Crippen LogP) is 0.429. The molecule has 5 nitrogen and oxygen atoms in total. The monoisotopic (exact) mass is 283 g/mol. The molecular formula is C11H8ClN2O3S-. The van der Waals surface area contributed by atoms with E-state index in [2.05, 4.69) is 4.98 Å². The zero-order chi connectivity index (χ0) is 13.3. The predicted molar refractivity (Wildman–Crippen MR) is 67.7 cm³/mol. The van der Waals surface area contributed by atoms with Crippen LogP contribution in [0, 0.1) is 0 Å². The number of fused-ring (bicyclic) bond motifs is 1. The van der Waals surface area contributed by atoms with Gasteiger partial charge in [0, 0.05) is 17.8 Å². The smallest absolute Gasteiger partial charge is 0.261 e. The van der Waals surface area contributed by atoms with Gasteiger partial charge in [-0.15, -0.1) is 0 Å². The van der Waals surface area contributed by atoms with Gasteiger partial charge in [0.1, 0.15) is 0 Å². The van der Waals surface area contributed by atoms with E-state index >= 15 is 0 Å². The highest BCUT2D eigenvalue weighted by molar-refractivity contribution is 7.99. The molecule has 0 saturated carbocycles. The molecular weight excluding hydrogens is 276 g/mol. The number of carboxylic acids is 1. The van der Waals surface area contributed by atoms with Crippen LogP contribution < -0.4 is 10.7 Å². The van der Waals surface area contributed by atoms with Crippen LogP contribution in [0.25, 0.3) is 10.9 Å². The fraction of sp³-hybridized carbons (Fsp3) is 0.182. The second kappa shape index (κ2) is 4.99. The Hall–Kier alpha value is -1.53. The molecule has 0 amide bonds. The van der Waals surface area contributed by atoms with Crippen LogP contribution in [-0.2, 0) is 11.8 Å². The lowest BCUT2D eigenvalue weighted by atomic mass is 10.2. The molecule has 0 saturated heterocycles. The van der Waals surface area contributed by atoms with E-state index in [1.54, 1.807) is 25.2 Å². The topological polar surface area (TPSA) is 75.0 Å². The number of nitrogens with zero attached hydrogens (tertiary/aromatic N) is 2. The molecule has 94 valence electrons. The summed E-state index contributed by atoms with van der Waals surface area (Å²) in [6.45, 7) is 0. The van der Waals surface area contributed by atoms with Crippen LogP contribution in [0.4, 0.5) is 0 Å². The number of thioether (sulfide) groups is 1. The third-order valence-electron chi connectivity index (χ3n) is 2.32. The van der Waals surface area contributed by atoms with Gasteiger partial charge in [0.2, 0.25) is 0 Å². The molecule has 0 bridgehead atoms. The second-order valence-electron chi connectivity index (χ2n) is 3.58. The van der Waals surface area contributed by atoms with Gasteiger partial charge < -0.3 is 9.90 Å². The second-order valence-corrected chi connectivity index (χ2v) is 4.96. The van der Waals surface area contributed by atoms with Crippen molar-refractivity contribution in [2.24, 2.45) is 7.05 Å². The molecule has 1 heterocycles. The fourth-order valence-electron chi connectivity index (χ4n) is 1.48. The molecule has 0 atom stereocenters. The SMILES string of the molecule is Cn1c(SCC(=O)[O-])nc2cc(Cl)ccc2c1=O. The minimum absolute atomic E-state index is 0.238. The maximum absolute atomic E-state index is 12.0. The molecule has 0 aliphatic heterocycles. The Morgan fingerprint density at radius 3 is 2.94 bits per heavy atom. The van der Waals surface area contributed by atoms with Gasteiger partial charge in [0.05, 0.1) is 16.9 Å². The first-order valence-corrected chi connectivity index (χ1v) is 6.34. The van der Waals surface area contributed by atoms with Crippen LogP contribution in [-0.4, -0.2) is 21.3 Å². The summed E-state index contributed by atoms with van der Waals surface area (Å²) in [6, 6.07) is 4.78. The highest BCUT2D eigenvalue weighted by Gasteiger charge is 2.09. The van der Waals surface area contributed by atoms with Crippen LogP contribution >= 0.6 is 23.4 Å². The van der Waals surface area contributed by atoms with E-state index in [1.165, 1.54) is 4.57 Å². The zero-order valence-corrected chi connectivity index (χ0v) is 10.9. The minimum Gasteiger partial charge on any atom is -0.549 e. The van der Waals surface area contributed by atoms with Crippen molar-refractivity contribution in [3.63, 3.8) is 0 Å². The number of hydrogen-bond acceptors (Lipinski definition) is 5. The van der Waals surface area contributed by atoms with Gasteiger partial charge in [-0.1, -0.05) is 23.4 Å². The molecule has 0 aliphatic carbocycles. The van der Waals surface area contributed by atoms with Crippen molar-refractivity contribution in [2.75, 3.05) is 5.75 Å². The molecule has 1 aromatic heterocycles. The standard InChI is InChI=1S/C11H9ClN2O3S/c1-14-10(17)7-3-2-6(12)4-8(7)13-11(14)18-5-9(15)16/h2-4H,5H2,1H3,(H,15,16)/p-1. The normalized spacial score (nSPS) is 10.8. The summed E-state index contributed by atoms with van der Waals surface area (Å²) in [5.41, 5.74) is 0.212. The summed E-state index contributed by atoms with van der Waals surface area (Å²) in [5.74, 6) is -1.47. The highest BCUT2D eigenvalue weighted by atomic mass is 35.5. The van der Waals surface area contributed by atoms with Crippen molar-refractivity contribution in [3.8, 4) is 0 Å². The Morgan fingerprint density at radius 2 is 2.28 bits per heavy atom. The first-order chi connectivity index (χ1) is 8.49. The molecule has 18 heavy (non-hydrogen) atoms. The number of aliphatic carboxylic acids is 1. The Labute approximate surface area is 111 Å². The lowest BCUT2D eigenvalue weighted by Crippen LogP contribution is -2.26. The summed E-state index contributed by atoms with van der Waals surface area (Å²) in [7, 11) is 1.54. The lowest BCUT2D eigenvalue weighted by Gasteiger charge is -2.08. The molecule has 1 aromatic carbocycles. The molecule has 0 unspecified atom stereocenters. The number of carbonyl (C=O) groups is 1. The first-order valence-electron chi connectivity index (χ1n) is 4.98. The van der Waals surface area contributed by atoms with Crippen molar-refractivity contribution >= 4 is 40.2 Å². The van der Waals surface area contributed by atoms with E-state index in [1.807, 2.05) is 0 Å². The molecule has 0 N–H and O–H groups in total. The number of rotatable bonds is 3. The van der Waals surface area contributed by atoms with Gasteiger partial charge >= 0.3 is 0 Å². The van der Waals surface area contributed by atoms with Gasteiger partial charge in [-0.2, -0.15) is 0 Å². The van der Waals surface area contributed by atoms with Crippen LogP contribution in [0.3, 0.4) is 0 Å². The van der Waals surface area contributed by atoms with Crippen molar-refractivity contribution in [1.82, 2.24) is 9.55 Å². The van der Waals surface area contributed by atoms with E-state index in [-0.39, 0.29) is 11.3 Å². The average molecular weight is 284 g/mol. The molecule has 2 rings (SSSR count). The summed E-state index contributed by atoms with van der Waals surface area (Å²) in [5, 5.41) is 11.7. The maximum atomic E-state index is 12.0. The van der Waals surface area contributed by atoms with Crippen LogP contribution in [0.5, 0.6) is 0 Å². The van der Waals surface area contributed by atoms with Gasteiger partial charge in [-0.25, -0.2) is 4.98 Å². The quantitative estimate of drug-likeness (QED) is 0.603. The van der Waals surface area contributed by atoms with E-state index in [0.717, 1.165) is 11.8 Å². The number of hydrogen-bond donors (Lipinski definition) is 0. The van der Waals surface area contributed by atoms with Crippen molar-refractivity contribution in [1.29, 1.82) is 0 Å². The van der Waals surface area contributed by atoms with Crippen LogP contribution in [0.1, 0.15) is 0 Å². The van der Waals surface area contributed by atoms with Crippen molar-refractivity contribution in [2.45, 2.75) is 5.16 Å². The lowest BCUT2D eigenvalue weighted by molar-refractivity contribution is -0.301. The Bertz CT molecular complexity index is 684. The van der Waals surface area contributed by atoms with Gasteiger partial charge in [-0.3, -0.25) is 9.36 Å². The summed E-state index contributed by atoms with van der Waals surface area (Å²) < 4.78 is 1.31. The van der Waals surface area contributed by atoms with Gasteiger partial charge in [0.25, 0.3) is 5.56 Å². The summed E-state index contributed by atoms with van der Waals surface area (Å²) in [6.07, 6.45) is 0. The molecule has 0 radical (unpaired) electrons. The highest BCUT2D eigenvalue weighted by Crippen LogP contribution is 2.19. The summed E-state index contributed by atoms with van der Waals surface area (Å²) >= 11 is 6.77. The molecule has 2 aromatic rings. The van der Waals surface area contributed by atoms with Gasteiger partial charge in [-0.05, 0) is 18.2 Å². The molecule has 0 spiro atoms. The molecule has 7 heteroatoms. The third kappa shape index (κ3) is 2.49. The summed E-state index contributed by atoms with van der Waals surface area (Å²) in [4.78, 5) is 26.6. The first kappa shape index (κ1) is 12.9. The number of carboxylic acid groups (broad SMARTS) is 1. The van der Waals surface area contributed by atoms with Crippen LogP contribution in [0.15, 0.2) is 28.2 Å². The van der Waals surface area contributed by atoms with E-state index in [0.29, 0.717) is 21.1 Å². The number of halogens is 1. The zero-order valence-electron chi connectivity index (χ0n) is 9.34. The van der Waals surface area contributed by atoms with Crippen molar-refractivity contribution in [3.05, 3.63) is 33.6 Å².